The van der Waals surface area contributed by atoms with Gasteiger partial charge >= 0.3 is 0 Å². The van der Waals surface area contributed by atoms with E-state index in [1.54, 1.807) is 20.3 Å². The number of methoxy groups -OCH3 is 2. The Morgan fingerprint density at radius 2 is 2.00 bits per heavy atom. The quantitative estimate of drug-likeness (QED) is 0.785. The molecule has 16 heavy (non-hydrogen) atoms. The Morgan fingerprint density at radius 3 is 2.62 bits per heavy atom. The minimum Gasteiger partial charge on any atom is -0.497 e. The molecule has 0 bridgehead atoms. The smallest absolute Gasteiger partial charge is 0.132 e. The zero-order valence-corrected chi connectivity index (χ0v) is 9.10. The molecular weight excluding hydrogens is 204 g/mol. The second-order valence-corrected chi connectivity index (χ2v) is 3.11. The van der Waals surface area contributed by atoms with Crippen molar-refractivity contribution in [3.63, 3.8) is 0 Å². The Bertz CT molecular complexity index is 472. The maximum atomic E-state index is 5.28. The van der Waals surface area contributed by atoms with Crippen LogP contribution < -0.4 is 9.47 Å². The lowest BCUT2D eigenvalue weighted by atomic mass is 10.1. The van der Waals surface area contributed by atoms with E-state index in [0.717, 1.165) is 17.0 Å². The summed E-state index contributed by atoms with van der Waals surface area (Å²) < 4.78 is 10.4. The van der Waals surface area contributed by atoms with Crippen LogP contribution in [0.3, 0.4) is 0 Å². The molecule has 1 radical (unpaired) electrons. The van der Waals surface area contributed by atoms with Crippen molar-refractivity contribution in [2.45, 2.75) is 0 Å². The summed E-state index contributed by atoms with van der Waals surface area (Å²) in [4.78, 5) is 0. The van der Waals surface area contributed by atoms with Crippen molar-refractivity contribution in [2.24, 2.45) is 0 Å². The van der Waals surface area contributed by atoms with E-state index in [1.165, 1.54) is 0 Å². The molecule has 0 fully saturated rings. The lowest BCUT2D eigenvalue weighted by Gasteiger charge is -2.08. The number of aromatic nitrogens is 2. The van der Waals surface area contributed by atoms with Crippen molar-refractivity contribution in [1.29, 1.82) is 0 Å². The summed E-state index contributed by atoms with van der Waals surface area (Å²) in [6, 6.07) is 9.11. The molecule has 2 aromatic rings. The van der Waals surface area contributed by atoms with E-state index in [4.69, 9.17) is 9.47 Å². The fourth-order valence-corrected chi connectivity index (χ4v) is 1.42. The maximum absolute atomic E-state index is 5.28. The molecule has 0 atom stereocenters. The largest absolute Gasteiger partial charge is 0.497 e. The van der Waals surface area contributed by atoms with Crippen molar-refractivity contribution >= 4 is 0 Å². The molecule has 0 aliphatic rings. The highest BCUT2D eigenvalue weighted by atomic mass is 16.5. The van der Waals surface area contributed by atoms with Gasteiger partial charge in [-0.2, -0.15) is 0 Å². The molecule has 0 spiro atoms. The molecular formula is C12H11N2O2. The summed E-state index contributed by atoms with van der Waals surface area (Å²) in [5, 5.41) is 7.70. The van der Waals surface area contributed by atoms with Crippen LogP contribution in [0.2, 0.25) is 0 Å². The van der Waals surface area contributed by atoms with Crippen LogP contribution in [-0.4, -0.2) is 24.4 Å². The van der Waals surface area contributed by atoms with Crippen molar-refractivity contribution < 1.29 is 9.47 Å². The van der Waals surface area contributed by atoms with Crippen LogP contribution >= 0.6 is 0 Å². The Hall–Kier alpha value is -2.10. The van der Waals surface area contributed by atoms with Gasteiger partial charge in [0.05, 0.1) is 19.9 Å². The van der Waals surface area contributed by atoms with E-state index in [0.29, 0.717) is 5.75 Å². The third-order valence-electron chi connectivity index (χ3n) is 2.22. The average molecular weight is 215 g/mol. The minimum absolute atomic E-state index is 0.708. The van der Waals surface area contributed by atoms with Gasteiger partial charge < -0.3 is 9.47 Å². The highest BCUT2D eigenvalue weighted by Crippen LogP contribution is 2.31. The number of hydrogen-bond donors (Lipinski definition) is 0. The number of benzene rings is 1. The van der Waals surface area contributed by atoms with E-state index in [2.05, 4.69) is 16.4 Å². The second kappa shape index (κ2) is 4.61. The lowest BCUT2D eigenvalue weighted by molar-refractivity contribution is 0.395. The molecule has 0 saturated heterocycles. The first-order valence-electron chi connectivity index (χ1n) is 4.77. The average Bonchev–Trinajstić information content (AvgIpc) is 2.39. The zero-order valence-electron chi connectivity index (χ0n) is 9.10. The number of nitrogens with zero attached hydrogens (tertiary/aromatic N) is 2. The predicted molar refractivity (Wildman–Crippen MR) is 59.4 cm³/mol. The molecule has 2 rings (SSSR count). The standard InChI is InChI=1S/C12H11N2O2/c1-15-9-5-6-10(12(8-9)16-2)11-4-3-7-13-14-11/h3-6,8H,1-2H3. The Balaban J connectivity index is 2.49. The van der Waals surface area contributed by atoms with Crippen molar-refractivity contribution in [3.8, 4) is 22.8 Å². The van der Waals surface area contributed by atoms with Gasteiger partial charge in [-0.15, -0.1) is 10.2 Å². The first kappa shape index (κ1) is 10.4. The highest BCUT2D eigenvalue weighted by molar-refractivity contribution is 5.67. The fourth-order valence-electron chi connectivity index (χ4n) is 1.42. The third-order valence-corrected chi connectivity index (χ3v) is 2.22. The van der Waals surface area contributed by atoms with Gasteiger partial charge in [0.15, 0.2) is 0 Å². The van der Waals surface area contributed by atoms with E-state index in [9.17, 15) is 0 Å². The van der Waals surface area contributed by atoms with Gasteiger partial charge in [-0.3, -0.25) is 0 Å². The van der Waals surface area contributed by atoms with E-state index < -0.39 is 0 Å². The van der Waals surface area contributed by atoms with E-state index in [-0.39, 0.29) is 0 Å². The molecule has 81 valence electrons. The number of hydrogen-bond acceptors (Lipinski definition) is 4. The van der Waals surface area contributed by atoms with Gasteiger partial charge in [-0.05, 0) is 24.3 Å². The Labute approximate surface area is 93.9 Å². The maximum Gasteiger partial charge on any atom is 0.132 e. The zero-order chi connectivity index (χ0) is 11.4. The van der Waals surface area contributed by atoms with Crippen molar-refractivity contribution in [3.05, 3.63) is 36.5 Å². The van der Waals surface area contributed by atoms with Crippen LogP contribution in [0.25, 0.3) is 11.3 Å². The second-order valence-electron chi connectivity index (χ2n) is 3.11. The molecule has 0 unspecified atom stereocenters. The first-order chi connectivity index (χ1) is 7.85. The minimum atomic E-state index is 0.708. The molecule has 0 aliphatic heterocycles. The normalized spacial score (nSPS) is 9.88. The fraction of sp³-hybridized carbons (Fsp3) is 0.167. The monoisotopic (exact) mass is 215 g/mol. The molecule has 0 aliphatic carbocycles. The molecule has 4 heteroatoms. The first-order valence-corrected chi connectivity index (χ1v) is 4.77. The van der Waals surface area contributed by atoms with Crippen LogP contribution in [0.5, 0.6) is 11.5 Å². The Morgan fingerprint density at radius 1 is 1.12 bits per heavy atom. The summed E-state index contributed by atoms with van der Waals surface area (Å²) in [5.41, 5.74) is 1.63. The lowest BCUT2D eigenvalue weighted by Crippen LogP contribution is -1.92. The third kappa shape index (κ3) is 1.95. The molecule has 0 amide bonds. The molecule has 1 aromatic carbocycles. The summed E-state index contributed by atoms with van der Waals surface area (Å²) >= 11 is 0. The molecule has 4 nitrogen and oxygen atoms in total. The number of ether oxygens (including phenoxy) is 2. The highest BCUT2D eigenvalue weighted by Gasteiger charge is 2.08. The van der Waals surface area contributed by atoms with Gasteiger partial charge in [0.25, 0.3) is 0 Å². The van der Waals surface area contributed by atoms with Gasteiger partial charge in [-0.1, -0.05) is 0 Å². The number of rotatable bonds is 3. The molecule has 0 saturated carbocycles. The summed E-state index contributed by atoms with van der Waals surface area (Å²) in [6.07, 6.45) is 2.64. The topological polar surface area (TPSA) is 44.2 Å². The SMILES string of the molecule is COc1ccc(-c2cc[c]nn2)c(OC)c1. The predicted octanol–water partition coefficient (Wildman–Crippen LogP) is 1.96. The molecule has 1 aromatic heterocycles. The van der Waals surface area contributed by atoms with Crippen molar-refractivity contribution in [2.75, 3.05) is 14.2 Å². The summed E-state index contributed by atoms with van der Waals surface area (Å²) in [6.45, 7) is 0. The van der Waals surface area contributed by atoms with Crippen molar-refractivity contribution in [1.82, 2.24) is 10.2 Å². The summed E-state index contributed by atoms with van der Waals surface area (Å²) in [5.74, 6) is 1.45. The van der Waals surface area contributed by atoms with Gasteiger partial charge in [0.2, 0.25) is 0 Å². The van der Waals surface area contributed by atoms with Gasteiger partial charge in [0.1, 0.15) is 17.7 Å². The Kier molecular flexibility index (Phi) is 3.00. The van der Waals surface area contributed by atoms with Gasteiger partial charge in [0, 0.05) is 11.6 Å². The van der Waals surface area contributed by atoms with E-state index >= 15 is 0 Å². The van der Waals surface area contributed by atoms with Gasteiger partial charge in [-0.25, -0.2) is 0 Å². The molecule has 0 N–H and O–H groups in total. The van der Waals surface area contributed by atoms with Crippen LogP contribution in [0, 0.1) is 6.20 Å². The van der Waals surface area contributed by atoms with E-state index in [1.807, 2.05) is 24.3 Å². The van der Waals surface area contributed by atoms with Crippen LogP contribution in [0.1, 0.15) is 0 Å². The molecule has 1 heterocycles. The van der Waals surface area contributed by atoms with Crippen LogP contribution in [0.15, 0.2) is 30.3 Å². The summed E-state index contributed by atoms with van der Waals surface area (Å²) in [7, 11) is 3.23. The van der Waals surface area contributed by atoms with Crippen LogP contribution in [-0.2, 0) is 0 Å². The van der Waals surface area contributed by atoms with Crippen LogP contribution in [0.4, 0.5) is 0 Å².